The maximum Gasteiger partial charge on any atom is 0.0479 e. The van der Waals surface area contributed by atoms with E-state index in [-0.39, 0.29) is 0 Å². The number of hydrogen-bond donors (Lipinski definition) is 1. The van der Waals surface area contributed by atoms with Crippen LogP contribution in [0.4, 0.5) is 0 Å². The summed E-state index contributed by atoms with van der Waals surface area (Å²) in [4.78, 5) is 3.59. The third kappa shape index (κ3) is 2.39. The van der Waals surface area contributed by atoms with Crippen LogP contribution in [0.5, 0.6) is 0 Å². The minimum atomic E-state index is 1.20. The molecule has 0 unspecified atom stereocenters. The fourth-order valence-electron chi connectivity index (χ4n) is 4.47. The van der Waals surface area contributed by atoms with E-state index in [2.05, 4.69) is 96.0 Å². The molecule has 0 saturated carbocycles. The van der Waals surface area contributed by atoms with Gasteiger partial charge in [-0.15, -0.1) is 11.3 Å². The molecule has 0 amide bonds. The summed E-state index contributed by atoms with van der Waals surface area (Å²) in [5.41, 5.74) is 3.68. The first-order valence-electron chi connectivity index (χ1n) is 9.92. The van der Waals surface area contributed by atoms with Crippen molar-refractivity contribution in [3.63, 3.8) is 0 Å². The van der Waals surface area contributed by atoms with Crippen molar-refractivity contribution < 1.29 is 0 Å². The zero-order chi connectivity index (χ0) is 19.4. The molecule has 1 nitrogen and oxygen atoms in total. The Morgan fingerprint density at radius 1 is 0.724 bits per heavy atom. The summed E-state index contributed by atoms with van der Waals surface area (Å²) >= 11 is 1.91. The summed E-state index contributed by atoms with van der Waals surface area (Å²) in [7, 11) is 0. The van der Waals surface area contributed by atoms with Gasteiger partial charge in [0.15, 0.2) is 0 Å². The van der Waals surface area contributed by atoms with Crippen LogP contribution in [-0.2, 0) is 0 Å². The Bertz CT molecular complexity index is 1610. The predicted molar refractivity (Wildman–Crippen MR) is 130 cm³/mol. The van der Waals surface area contributed by atoms with Gasteiger partial charge < -0.3 is 4.98 Å². The van der Waals surface area contributed by atoms with Crippen LogP contribution in [0.3, 0.4) is 0 Å². The monoisotopic (exact) mass is 389 g/mol. The molecule has 138 valence electrons. The average molecular weight is 390 g/mol. The van der Waals surface area contributed by atoms with E-state index >= 15 is 0 Å². The van der Waals surface area contributed by atoms with E-state index in [0.717, 1.165) is 0 Å². The first-order valence-corrected chi connectivity index (χ1v) is 10.7. The molecule has 0 aliphatic carbocycles. The average Bonchev–Trinajstić information content (AvgIpc) is 3.31. The topological polar surface area (TPSA) is 15.8 Å². The number of thiophene rings is 1. The zero-order valence-electron chi connectivity index (χ0n) is 16.1. The van der Waals surface area contributed by atoms with Crippen molar-refractivity contribution in [1.82, 2.24) is 4.98 Å². The SMILES string of the molecule is C/C=C\C=C/c1cc2sc3c(ccc4[nH]c5ccccc5c43)c2c2ccccc12. The summed E-state index contributed by atoms with van der Waals surface area (Å²) in [5.74, 6) is 0. The molecule has 2 aromatic heterocycles. The van der Waals surface area contributed by atoms with Crippen LogP contribution >= 0.6 is 11.3 Å². The maximum atomic E-state index is 3.59. The van der Waals surface area contributed by atoms with Crippen molar-refractivity contribution in [3.05, 3.63) is 90.5 Å². The third-order valence-electron chi connectivity index (χ3n) is 5.72. The van der Waals surface area contributed by atoms with E-state index in [4.69, 9.17) is 0 Å². The highest BCUT2D eigenvalue weighted by atomic mass is 32.1. The lowest BCUT2D eigenvalue weighted by atomic mass is 9.98. The van der Waals surface area contributed by atoms with E-state index in [1.807, 2.05) is 18.3 Å². The van der Waals surface area contributed by atoms with E-state index in [1.165, 1.54) is 58.3 Å². The molecule has 0 aliphatic rings. The number of allylic oxidation sites excluding steroid dienone is 3. The van der Waals surface area contributed by atoms with Crippen molar-refractivity contribution in [1.29, 1.82) is 0 Å². The molecule has 0 saturated heterocycles. The minimum Gasteiger partial charge on any atom is -0.354 e. The van der Waals surface area contributed by atoms with Gasteiger partial charge in [-0.1, -0.05) is 72.8 Å². The van der Waals surface area contributed by atoms with Gasteiger partial charge in [-0.2, -0.15) is 0 Å². The largest absolute Gasteiger partial charge is 0.354 e. The molecule has 2 heterocycles. The van der Waals surface area contributed by atoms with Crippen LogP contribution < -0.4 is 0 Å². The van der Waals surface area contributed by atoms with Crippen molar-refractivity contribution in [2.24, 2.45) is 0 Å². The highest BCUT2D eigenvalue weighted by molar-refractivity contribution is 7.27. The van der Waals surface area contributed by atoms with Gasteiger partial charge in [-0.3, -0.25) is 0 Å². The quantitative estimate of drug-likeness (QED) is 0.286. The van der Waals surface area contributed by atoms with Gasteiger partial charge >= 0.3 is 0 Å². The summed E-state index contributed by atoms with van der Waals surface area (Å²) in [6, 6.07) is 24.2. The van der Waals surface area contributed by atoms with Gasteiger partial charge in [-0.25, -0.2) is 0 Å². The molecule has 6 rings (SSSR count). The summed E-state index contributed by atoms with van der Waals surface area (Å²) < 4.78 is 2.71. The molecule has 4 aromatic carbocycles. The van der Waals surface area contributed by atoms with Gasteiger partial charge in [0.05, 0.1) is 0 Å². The maximum absolute atomic E-state index is 3.59. The number of aromatic amines is 1. The van der Waals surface area contributed by atoms with E-state index < -0.39 is 0 Å². The Morgan fingerprint density at radius 2 is 1.52 bits per heavy atom. The third-order valence-corrected chi connectivity index (χ3v) is 6.89. The molecule has 0 atom stereocenters. The zero-order valence-corrected chi connectivity index (χ0v) is 16.9. The second-order valence-corrected chi connectivity index (χ2v) is 8.46. The lowest BCUT2D eigenvalue weighted by Gasteiger charge is -2.05. The highest BCUT2D eigenvalue weighted by Crippen LogP contribution is 2.44. The van der Waals surface area contributed by atoms with Gasteiger partial charge in [0.1, 0.15) is 0 Å². The number of rotatable bonds is 2. The van der Waals surface area contributed by atoms with Gasteiger partial charge in [0, 0.05) is 42.0 Å². The van der Waals surface area contributed by atoms with E-state index in [0.29, 0.717) is 0 Å². The highest BCUT2D eigenvalue weighted by Gasteiger charge is 2.15. The molecule has 0 bridgehead atoms. The fraction of sp³-hybridized carbons (Fsp3) is 0.0370. The number of H-pyrrole nitrogens is 1. The molecule has 6 aromatic rings. The summed E-state index contributed by atoms with van der Waals surface area (Å²) in [6.45, 7) is 2.05. The van der Waals surface area contributed by atoms with Gasteiger partial charge in [-0.05, 0) is 41.5 Å². The lowest BCUT2D eigenvalue weighted by Crippen LogP contribution is -1.80. The van der Waals surface area contributed by atoms with E-state index in [9.17, 15) is 0 Å². The smallest absolute Gasteiger partial charge is 0.0479 e. The Morgan fingerprint density at radius 3 is 2.38 bits per heavy atom. The predicted octanol–water partition coefficient (Wildman–Crippen LogP) is 8.43. The van der Waals surface area contributed by atoms with Crippen LogP contribution in [0.1, 0.15) is 12.5 Å². The number of fused-ring (bicyclic) bond motifs is 9. The van der Waals surface area contributed by atoms with Crippen molar-refractivity contribution >= 4 is 70.2 Å². The van der Waals surface area contributed by atoms with Gasteiger partial charge in [0.25, 0.3) is 0 Å². The minimum absolute atomic E-state index is 1.20. The first kappa shape index (κ1) is 16.6. The molecule has 0 radical (unpaired) electrons. The Labute approximate surface area is 172 Å². The van der Waals surface area contributed by atoms with Crippen LogP contribution in [0.15, 0.2) is 85.0 Å². The summed E-state index contributed by atoms with van der Waals surface area (Å²) in [6.07, 6.45) is 8.48. The van der Waals surface area contributed by atoms with Crippen molar-refractivity contribution in [2.75, 3.05) is 0 Å². The number of benzene rings is 4. The van der Waals surface area contributed by atoms with Crippen LogP contribution in [-0.4, -0.2) is 4.98 Å². The number of hydrogen-bond acceptors (Lipinski definition) is 1. The standard InChI is InChI=1S/C27H19NS/c1-2-3-4-9-17-16-24-25(19-11-6-5-10-18(17)19)21-14-15-23-26(27(21)29-24)20-12-7-8-13-22(20)28-23/h2-16,28H,1H3/b3-2-,9-4-. The van der Waals surface area contributed by atoms with Crippen LogP contribution in [0.25, 0.3) is 58.8 Å². The fourth-order valence-corrected chi connectivity index (χ4v) is 5.80. The van der Waals surface area contributed by atoms with Crippen molar-refractivity contribution in [3.8, 4) is 0 Å². The van der Waals surface area contributed by atoms with Crippen molar-refractivity contribution in [2.45, 2.75) is 6.92 Å². The molecular formula is C27H19NS. The second kappa shape index (κ2) is 6.33. The number of nitrogens with one attached hydrogen (secondary N) is 1. The Kier molecular flexibility index (Phi) is 3.62. The molecule has 0 spiro atoms. The summed E-state index contributed by atoms with van der Waals surface area (Å²) in [5, 5.41) is 8.00. The van der Waals surface area contributed by atoms with E-state index in [1.54, 1.807) is 0 Å². The molecule has 0 fully saturated rings. The molecule has 1 N–H and O–H groups in total. The van der Waals surface area contributed by atoms with Crippen LogP contribution in [0.2, 0.25) is 0 Å². The molecular weight excluding hydrogens is 370 g/mol. The Balaban J connectivity index is 1.80. The normalized spacial score (nSPS) is 12.7. The number of para-hydroxylation sites is 1. The van der Waals surface area contributed by atoms with Crippen LogP contribution in [0, 0.1) is 0 Å². The first-order chi connectivity index (χ1) is 14.3. The molecule has 2 heteroatoms. The van der Waals surface area contributed by atoms with Gasteiger partial charge in [0.2, 0.25) is 0 Å². The molecule has 0 aliphatic heterocycles. The number of aromatic nitrogens is 1. The second-order valence-electron chi connectivity index (χ2n) is 7.41. The Hall–Kier alpha value is -3.36. The lowest BCUT2D eigenvalue weighted by molar-refractivity contribution is 1.55. The molecule has 29 heavy (non-hydrogen) atoms.